The average Bonchev–Trinajstić information content (AvgIpc) is 3.42. The van der Waals surface area contributed by atoms with Crippen LogP contribution in [0.25, 0.3) is 0 Å². The van der Waals surface area contributed by atoms with Crippen LogP contribution in [0.5, 0.6) is 5.75 Å². The zero-order chi connectivity index (χ0) is 31.1. The largest absolute Gasteiger partial charge is 0.489 e. The van der Waals surface area contributed by atoms with Gasteiger partial charge >= 0.3 is 0 Å². The molecule has 0 bridgehead atoms. The third kappa shape index (κ3) is 9.44. The molecule has 3 aromatic rings. The van der Waals surface area contributed by atoms with E-state index >= 15 is 4.39 Å². The van der Waals surface area contributed by atoms with Gasteiger partial charge in [-0.25, -0.2) is 14.1 Å². The van der Waals surface area contributed by atoms with Crippen molar-refractivity contribution in [3.05, 3.63) is 70.9 Å². The topological polar surface area (TPSA) is 102 Å². The van der Waals surface area contributed by atoms with E-state index in [4.69, 9.17) is 9.47 Å². The minimum Gasteiger partial charge on any atom is -0.489 e. The number of nitrogens with zero attached hydrogens (tertiary/aromatic N) is 4. The fraction of sp³-hybridized carbons (Fsp3) is 0.545. The lowest BCUT2D eigenvalue weighted by atomic mass is 9.93. The molecule has 0 saturated heterocycles. The van der Waals surface area contributed by atoms with Crippen LogP contribution in [-0.4, -0.2) is 70.5 Å². The number of nitrogens with one attached hydrogen (secondary N) is 1. The summed E-state index contributed by atoms with van der Waals surface area (Å²) < 4.78 is 28.6. The third-order valence-electron chi connectivity index (χ3n) is 8.37. The normalized spacial score (nSPS) is 16.3. The number of hydrogen-bond donors (Lipinski definition) is 2. The highest BCUT2D eigenvalue weighted by Crippen LogP contribution is 2.28. The Morgan fingerprint density at radius 3 is 2.86 bits per heavy atom. The maximum Gasteiger partial charge on any atom is 0.163 e. The first-order chi connectivity index (χ1) is 21.1. The Morgan fingerprint density at radius 1 is 1.25 bits per heavy atom. The van der Waals surface area contributed by atoms with Gasteiger partial charge in [-0.3, -0.25) is 9.69 Å². The summed E-state index contributed by atoms with van der Waals surface area (Å²) in [6.07, 6.45) is 9.37. The summed E-state index contributed by atoms with van der Waals surface area (Å²) in [5.41, 5.74) is 3.07. The number of ether oxygens (including phenoxy) is 2. The van der Waals surface area contributed by atoms with Gasteiger partial charge in [0.05, 0.1) is 12.3 Å². The SMILES string of the molecule is C[Si](C)(C)CCOCn1cc(COc2cc(F)c3c(c2)CCN(C[C@@H](O)CCC(=O)c2ccnc(NC4CCC4)c2)C3)cn1. The highest BCUT2D eigenvalue weighted by Gasteiger charge is 2.23. The van der Waals surface area contributed by atoms with Crippen LogP contribution in [0.15, 0.2) is 42.9 Å². The molecule has 9 nitrogen and oxygen atoms in total. The van der Waals surface area contributed by atoms with Crippen LogP contribution < -0.4 is 10.1 Å². The average molecular weight is 624 g/mol. The first-order valence-corrected chi connectivity index (χ1v) is 19.5. The highest BCUT2D eigenvalue weighted by atomic mass is 28.3. The molecule has 0 unspecified atom stereocenters. The van der Waals surface area contributed by atoms with E-state index in [1.165, 1.54) is 12.5 Å². The maximum absolute atomic E-state index is 15.2. The van der Waals surface area contributed by atoms with Crippen molar-refractivity contribution >= 4 is 19.7 Å². The second kappa shape index (κ2) is 14.8. The molecule has 1 saturated carbocycles. The molecule has 2 aliphatic rings. The Labute approximate surface area is 260 Å². The molecule has 1 fully saturated rings. The second-order valence-electron chi connectivity index (χ2n) is 13.4. The van der Waals surface area contributed by atoms with E-state index in [9.17, 15) is 9.90 Å². The maximum atomic E-state index is 15.2. The molecule has 238 valence electrons. The summed E-state index contributed by atoms with van der Waals surface area (Å²) in [6.45, 7) is 9.91. The fourth-order valence-corrected chi connectivity index (χ4v) is 6.17. The predicted molar refractivity (Wildman–Crippen MR) is 171 cm³/mol. The van der Waals surface area contributed by atoms with E-state index in [1.54, 1.807) is 29.2 Å². The van der Waals surface area contributed by atoms with Crippen molar-refractivity contribution in [3.63, 3.8) is 0 Å². The number of halogens is 1. The molecule has 1 atom stereocenters. The van der Waals surface area contributed by atoms with Crippen LogP contribution in [0.3, 0.4) is 0 Å². The lowest BCUT2D eigenvalue weighted by Crippen LogP contribution is -2.37. The number of aromatic nitrogens is 3. The number of aliphatic hydroxyl groups is 1. The quantitative estimate of drug-likeness (QED) is 0.120. The number of hydrogen-bond acceptors (Lipinski definition) is 8. The molecular formula is C33H46FN5O4Si. The number of pyridine rings is 1. The van der Waals surface area contributed by atoms with Crippen molar-refractivity contribution in [1.82, 2.24) is 19.7 Å². The van der Waals surface area contributed by atoms with Crippen LogP contribution in [0.2, 0.25) is 25.7 Å². The minimum absolute atomic E-state index is 0.0104. The molecule has 2 aromatic heterocycles. The highest BCUT2D eigenvalue weighted by molar-refractivity contribution is 6.76. The van der Waals surface area contributed by atoms with Gasteiger partial charge in [0, 0.05) is 81.9 Å². The van der Waals surface area contributed by atoms with Crippen LogP contribution >= 0.6 is 0 Å². The summed E-state index contributed by atoms with van der Waals surface area (Å²) in [4.78, 5) is 19.2. The molecule has 3 heterocycles. The van der Waals surface area contributed by atoms with E-state index in [2.05, 4.69) is 35.0 Å². The zero-order valence-corrected chi connectivity index (χ0v) is 27.2. The molecular weight excluding hydrogens is 577 g/mol. The predicted octanol–water partition coefficient (Wildman–Crippen LogP) is 5.66. The Bertz CT molecular complexity index is 1410. The molecule has 2 N–H and O–H groups in total. The van der Waals surface area contributed by atoms with Crippen LogP contribution in [-0.2, 0) is 31.0 Å². The molecule has 0 radical (unpaired) electrons. The molecule has 5 rings (SSSR count). The van der Waals surface area contributed by atoms with Crippen molar-refractivity contribution < 1.29 is 23.8 Å². The van der Waals surface area contributed by atoms with Crippen LogP contribution in [0, 0.1) is 5.82 Å². The van der Waals surface area contributed by atoms with Crippen molar-refractivity contribution in [2.75, 3.05) is 25.0 Å². The summed E-state index contributed by atoms with van der Waals surface area (Å²) in [7, 11) is -1.12. The van der Waals surface area contributed by atoms with E-state index in [1.807, 2.05) is 17.2 Å². The van der Waals surface area contributed by atoms with E-state index in [0.717, 1.165) is 42.4 Å². The lowest BCUT2D eigenvalue weighted by molar-refractivity contribution is 0.0784. The van der Waals surface area contributed by atoms with Gasteiger partial charge in [0.2, 0.25) is 0 Å². The minimum atomic E-state index is -1.12. The smallest absolute Gasteiger partial charge is 0.163 e. The molecule has 1 aliphatic heterocycles. The van der Waals surface area contributed by atoms with Gasteiger partial charge in [-0.2, -0.15) is 5.10 Å². The first-order valence-electron chi connectivity index (χ1n) is 15.8. The van der Waals surface area contributed by atoms with Crippen molar-refractivity contribution in [2.24, 2.45) is 0 Å². The first kappa shape index (κ1) is 32.3. The number of Topliss-reactive ketones (excluding diaryl/α,β-unsaturated/α-hetero) is 1. The molecule has 1 aliphatic carbocycles. The molecule has 1 aromatic carbocycles. The van der Waals surface area contributed by atoms with Crippen LogP contribution in [0.4, 0.5) is 10.2 Å². The molecule has 0 amide bonds. The molecule has 0 spiro atoms. The van der Waals surface area contributed by atoms with Crippen molar-refractivity contribution in [2.45, 2.75) is 96.2 Å². The summed E-state index contributed by atoms with van der Waals surface area (Å²) in [5.74, 6) is 0.911. The number of rotatable bonds is 16. The Morgan fingerprint density at radius 2 is 2.09 bits per heavy atom. The molecule has 44 heavy (non-hydrogen) atoms. The van der Waals surface area contributed by atoms with Gasteiger partial charge in [0.15, 0.2) is 5.78 Å². The second-order valence-corrected chi connectivity index (χ2v) is 19.0. The summed E-state index contributed by atoms with van der Waals surface area (Å²) in [6, 6.07) is 8.43. The standard InChI is InChI=1S/C33H46FN5O4Si/c1-44(2,3)14-13-42-23-39-19-24(18-36-39)22-43-29-15-25-10-12-38(21-30(25)31(34)17-29)20-28(40)7-8-32(41)26-9-11-35-33(16-26)37-27-5-4-6-27/h9,11,15-19,27-28,40H,4-8,10,12-14,20-23H2,1-3H3,(H,35,37)/t28-/m0/s1. The van der Waals surface area contributed by atoms with E-state index in [-0.39, 0.29) is 18.0 Å². The number of carbonyl (C=O) groups is 1. The van der Waals surface area contributed by atoms with Crippen molar-refractivity contribution in [1.29, 1.82) is 0 Å². The van der Waals surface area contributed by atoms with Gasteiger partial charge in [0.1, 0.15) is 30.7 Å². The van der Waals surface area contributed by atoms with Gasteiger partial charge in [0.25, 0.3) is 0 Å². The van der Waals surface area contributed by atoms with E-state index in [0.29, 0.717) is 68.7 Å². The Balaban J connectivity index is 1.05. The molecule has 11 heteroatoms. The number of ketones is 1. The number of anilines is 1. The lowest BCUT2D eigenvalue weighted by Gasteiger charge is -2.31. The third-order valence-corrected chi connectivity index (χ3v) is 10.1. The van der Waals surface area contributed by atoms with Gasteiger partial charge in [-0.05, 0) is 61.9 Å². The van der Waals surface area contributed by atoms with Crippen LogP contribution in [0.1, 0.15) is 59.2 Å². The van der Waals surface area contributed by atoms with Gasteiger partial charge < -0.3 is 19.9 Å². The Hall–Kier alpha value is -3.12. The number of aliphatic hydroxyl groups excluding tert-OH is 1. The number of benzene rings is 1. The zero-order valence-electron chi connectivity index (χ0n) is 26.2. The Kier molecular flexibility index (Phi) is 10.8. The van der Waals surface area contributed by atoms with Crippen molar-refractivity contribution in [3.8, 4) is 5.75 Å². The van der Waals surface area contributed by atoms with E-state index < -0.39 is 14.2 Å². The monoisotopic (exact) mass is 623 g/mol. The summed E-state index contributed by atoms with van der Waals surface area (Å²) in [5, 5.41) is 18.4. The fourth-order valence-electron chi connectivity index (χ4n) is 5.42. The summed E-state index contributed by atoms with van der Waals surface area (Å²) >= 11 is 0. The number of carbonyl (C=O) groups excluding carboxylic acids is 1. The van der Waals surface area contributed by atoms with Gasteiger partial charge in [-0.15, -0.1) is 0 Å². The number of fused-ring (bicyclic) bond motifs is 1. The van der Waals surface area contributed by atoms with Gasteiger partial charge in [-0.1, -0.05) is 19.6 Å². The number of β-amino-alcohol motifs (C(OH)–C–C–N with tert-alkyl or cyclic N) is 1.